The van der Waals surface area contributed by atoms with Crippen LogP contribution < -0.4 is 5.14 Å². The Kier molecular flexibility index (Phi) is 5.58. The van der Waals surface area contributed by atoms with E-state index in [1.807, 2.05) is 0 Å². The van der Waals surface area contributed by atoms with Crippen molar-refractivity contribution >= 4 is 11.0 Å². The molecule has 1 unspecified atom stereocenters. The van der Waals surface area contributed by atoms with E-state index in [0.29, 0.717) is 12.1 Å². The van der Waals surface area contributed by atoms with Crippen LogP contribution in [-0.2, 0) is 23.3 Å². The Bertz CT molecular complexity index is 562. The summed E-state index contributed by atoms with van der Waals surface area (Å²) < 4.78 is 87.5. The smallest absolute Gasteiger partial charge is 0.251 e. The molecule has 0 saturated carbocycles. The van der Waals surface area contributed by atoms with Crippen molar-refractivity contribution in [2.75, 3.05) is 0 Å². The first-order valence-electron chi connectivity index (χ1n) is 6.60. The number of alkyl halides is 6. The number of rotatable bonds is 4. The summed E-state index contributed by atoms with van der Waals surface area (Å²) in [6.45, 7) is 4.56. The van der Waals surface area contributed by atoms with E-state index in [0.717, 1.165) is 0 Å². The van der Waals surface area contributed by atoms with E-state index in [9.17, 15) is 30.6 Å². The number of halogens is 6. The third-order valence-corrected chi connectivity index (χ3v) is 4.78. The number of hydrogen-bond acceptors (Lipinski definition) is 1. The molecule has 0 amide bonds. The summed E-state index contributed by atoms with van der Waals surface area (Å²) >= 11 is 0. The summed E-state index contributed by atoms with van der Waals surface area (Å²) in [5.41, 5.74) is -2.84. The zero-order valence-electron chi connectivity index (χ0n) is 12.7. The van der Waals surface area contributed by atoms with Crippen LogP contribution in [0.3, 0.4) is 0 Å². The molecule has 0 heterocycles. The van der Waals surface area contributed by atoms with Crippen LogP contribution in [0.4, 0.5) is 26.3 Å². The Morgan fingerprint density at radius 3 is 1.70 bits per heavy atom. The molecule has 23 heavy (non-hydrogen) atoms. The molecule has 1 rings (SSSR count). The van der Waals surface area contributed by atoms with Crippen LogP contribution in [0.15, 0.2) is 18.2 Å². The highest BCUT2D eigenvalue weighted by molar-refractivity contribution is 7.84. The number of benzene rings is 1. The molecule has 2 N–H and O–H groups in total. The van der Waals surface area contributed by atoms with Gasteiger partial charge in [0.15, 0.2) is 0 Å². The van der Waals surface area contributed by atoms with Crippen LogP contribution in [0.25, 0.3) is 0 Å². The molecule has 0 spiro atoms. The fraction of sp³-hybridized carbons (Fsp3) is 0.571. The van der Waals surface area contributed by atoms with Crippen LogP contribution in [0.1, 0.15) is 49.8 Å². The summed E-state index contributed by atoms with van der Waals surface area (Å²) in [6.07, 6.45) is -9.70. The van der Waals surface area contributed by atoms with Crippen LogP contribution in [0.5, 0.6) is 0 Å². The highest BCUT2D eigenvalue weighted by Crippen LogP contribution is 2.39. The fourth-order valence-electron chi connectivity index (χ4n) is 2.20. The normalized spacial score (nSPS) is 16.3. The Morgan fingerprint density at radius 2 is 1.39 bits per heavy atom. The van der Waals surface area contributed by atoms with Crippen molar-refractivity contribution in [2.45, 2.75) is 50.2 Å². The van der Waals surface area contributed by atoms with E-state index in [1.54, 1.807) is 0 Å². The highest BCUT2D eigenvalue weighted by atomic mass is 32.2. The molecule has 0 aliphatic carbocycles. The van der Waals surface area contributed by atoms with Gasteiger partial charge in [0.2, 0.25) is 0 Å². The number of hydrogen-bond donors (Lipinski definition) is 1. The lowest BCUT2D eigenvalue weighted by molar-refractivity contribution is -0.143. The summed E-state index contributed by atoms with van der Waals surface area (Å²) in [6, 6.07) is 1.47. The molecular weight excluding hydrogens is 344 g/mol. The minimum atomic E-state index is -4.89. The quantitative estimate of drug-likeness (QED) is 0.782. The predicted octanol–water partition coefficient (Wildman–Crippen LogP) is 4.62. The van der Waals surface area contributed by atoms with Crippen molar-refractivity contribution in [1.29, 1.82) is 0 Å². The SMILES string of the molecule is C[C@@H](CC(C)(C)S(N)=O)c1cc(C(F)(F)F)cc(C(F)(F)F)c1. The molecule has 0 bridgehead atoms. The van der Waals surface area contributed by atoms with E-state index in [-0.39, 0.29) is 18.1 Å². The van der Waals surface area contributed by atoms with Gasteiger partial charge >= 0.3 is 12.4 Å². The molecule has 132 valence electrons. The van der Waals surface area contributed by atoms with Gasteiger partial charge in [-0.15, -0.1) is 0 Å². The molecule has 1 aromatic carbocycles. The topological polar surface area (TPSA) is 43.1 Å². The second-order valence-electron chi connectivity index (χ2n) is 6.00. The summed E-state index contributed by atoms with van der Waals surface area (Å²) in [5, 5.41) is 5.31. The van der Waals surface area contributed by atoms with Crippen molar-refractivity contribution in [3.8, 4) is 0 Å². The first-order valence-corrected chi connectivity index (χ1v) is 7.81. The van der Waals surface area contributed by atoms with Crippen molar-refractivity contribution in [3.63, 3.8) is 0 Å². The summed E-state index contributed by atoms with van der Waals surface area (Å²) in [7, 11) is -1.76. The maximum atomic E-state index is 12.8. The zero-order chi connectivity index (χ0) is 18.2. The van der Waals surface area contributed by atoms with Crippen molar-refractivity contribution in [2.24, 2.45) is 5.14 Å². The molecule has 0 aromatic heterocycles. The Balaban J connectivity index is 3.33. The maximum Gasteiger partial charge on any atom is 0.416 e. The lowest BCUT2D eigenvalue weighted by Gasteiger charge is -2.26. The maximum absolute atomic E-state index is 12.8. The van der Waals surface area contributed by atoms with Crippen molar-refractivity contribution in [1.82, 2.24) is 0 Å². The molecule has 0 saturated heterocycles. The average molecular weight is 361 g/mol. The van der Waals surface area contributed by atoms with Gasteiger partial charge in [0.25, 0.3) is 0 Å². The van der Waals surface area contributed by atoms with Crippen LogP contribution in [0.2, 0.25) is 0 Å². The Morgan fingerprint density at radius 1 is 1.00 bits per heavy atom. The van der Waals surface area contributed by atoms with Crippen LogP contribution in [0, 0.1) is 0 Å². The zero-order valence-corrected chi connectivity index (χ0v) is 13.5. The van der Waals surface area contributed by atoms with Gasteiger partial charge < -0.3 is 0 Å². The molecule has 0 aliphatic rings. The van der Waals surface area contributed by atoms with E-state index in [1.165, 1.54) is 20.8 Å². The summed E-state index contributed by atoms with van der Waals surface area (Å²) in [5.74, 6) is -0.680. The minimum Gasteiger partial charge on any atom is -0.251 e. The third kappa shape index (κ3) is 5.20. The van der Waals surface area contributed by atoms with Crippen LogP contribution >= 0.6 is 0 Å². The standard InChI is InChI=1S/C14H17F6NOS/c1-8(7-12(2,3)23(21)22)9-4-10(13(15,16)17)6-11(5-9)14(18,19)20/h4-6,8H,7,21H2,1-3H3/t8-,23?/m0/s1. The predicted molar refractivity (Wildman–Crippen MR) is 75.9 cm³/mol. The van der Waals surface area contributed by atoms with E-state index < -0.39 is 45.1 Å². The van der Waals surface area contributed by atoms with Gasteiger partial charge in [-0.3, -0.25) is 5.14 Å². The molecule has 0 fully saturated rings. The lowest BCUT2D eigenvalue weighted by atomic mass is 9.89. The largest absolute Gasteiger partial charge is 0.416 e. The van der Waals surface area contributed by atoms with Gasteiger partial charge in [-0.05, 0) is 49.9 Å². The lowest BCUT2D eigenvalue weighted by Crippen LogP contribution is -2.33. The second kappa shape index (κ2) is 6.43. The summed E-state index contributed by atoms with van der Waals surface area (Å²) in [4.78, 5) is 0. The average Bonchev–Trinajstić information content (AvgIpc) is 2.35. The number of nitrogens with two attached hydrogens (primary N) is 1. The second-order valence-corrected chi connectivity index (χ2v) is 7.70. The van der Waals surface area contributed by atoms with Gasteiger partial charge in [-0.1, -0.05) is 6.92 Å². The van der Waals surface area contributed by atoms with Gasteiger partial charge in [-0.25, -0.2) is 4.21 Å². The van der Waals surface area contributed by atoms with E-state index in [4.69, 9.17) is 5.14 Å². The van der Waals surface area contributed by atoms with Gasteiger partial charge in [0.1, 0.15) is 0 Å². The van der Waals surface area contributed by atoms with Crippen molar-refractivity contribution in [3.05, 3.63) is 34.9 Å². The first-order chi connectivity index (χ1) is 10.1. The Labute approximate surface area is 132 Å². The third-order valence-electron chi connectivity index (χ3n) is 3.52. The van der Waals surface area contributed by atoms with Crippen LogP contribution in [-0.4, -0.2) is 8.96 Å². The molecule has 0 radical (unpaired) electrons. The molecular formula is C14H17F6NOS. The Hall–Kier alpha value is -1.09. The first kappa shape index (κ1) is 20.0. The highest BCUT2D eigenvalue weighted by Gasteiger charge is 2.37. The molecule has 2 nitrogen and oxygen atoms in total. The van der Waals surface area contributed by atoms with E-state index >= 15 is 0 Å². The molecule has 1 aromatic rings. The van der Waals surface area contributed by atoms with Gasteiger partial charge in [-0.2, -0.15) is 26.3 Å². The van der Waals surface area contributed by atoms with Gasteiger partial charge in [0.05, 0.1) is 26.9 Å². The monoisotopic (exact) mass is 361 g/mol. The minimum absolute atomic E-state index is 0.0781. The van der Waals surface area contributed by atoms with Crippen molar-refractivity contribution < 1.29 is 30.6 Å². The molecule has 2 atom stereocenters. The van der Waals surface area contributed by atoms with E-state index in [2.05, 4.69) is 0 Å². The molecule has 0 aliphatic heterocycles. The van der Waals surface area contributed by atoms with Gasteiger partial charge in [0, 0.05) is 0 Å². The fourth-order valence-corrected chi connectivity index (χ4v) is 2.62. The molecule has 9 heteroatoms.